The van der Waals surface area contributed by atoms with Crippen LogP contribution < -0.4 is 5.73 Å². The zero-order valence-electron chi connectivity index (χ0n) is 18.5. The molecule has 3 aliphatic carbocycles. The number of imide groups is 3. The lowest BCUT2D eigenvalue weighted by atomic mass is 9.59. The highest BCUT2D eigenvalue weighted by molar-refractivity contribution is 9.12. The predicted octanol–water partition coefficient (Wildman–Crippen LogP) is 2.96. The number of urea groups is 1. The van der Waals surface area contributed by atoms with Crippen molar-refractivity contribution in [3.63, 3.8) is 0 Å². The van der Waals surface area contributed by atoms with Crippen LogP contribution in [0.1, 0.15) is 29.9 Å². The number of rotatable bonds is 3. The Kier molecular flexibility index (Phi) is 5.47. The lowest BCUT2D eigenvalue weighted by molar-refractivity contribution is -0.136. The Labute approximate surface area is 209 Å². The van der Waals surface area contributed by atoms with Crippen LogP contribution in [0, 0.1) is 17.8 Å². The normalized spacial score (nSPS) is 27.7. The number of aromatic hydroxyl groups is 1. The number of ketones is 2. The number of carbonyl (C=O) groups is 5. The molecule has 0 bridgehead atoms. The van der Waals surface area contributed by atoms with Gasteiger partial charge in [-0.3, -0.25) is 19.2 Å². The maximum absolute atomic E-state index is 13.2. The molecule has 4 atom stereocenters. The molecule has 1 aromatic rings. The Hall–Kier alpha value is -3.59. The highest BCUT2D eigenvalue weighted by atomic mass is 79.9. The van der Waals surface area contributed by atoms with Crippen molar-refractivity contribution in [2.45, 2.75) is 25.2 Å². The van der Waals surface area contributed by atoms with E-state index in [4.69, 9.17) is 5.73 Å². The summed E-state index contributed by atoms with van der Waals surface area (Å²) < 4.78 is 0.108. The first-order chi connectivity index (χ1) is 16.7. The molecule has 1 aliphatic heterocycles. The summed E-state index contributed by atoms with van der Waals surface area (Å²) in [6.07, 6.45) is 5.31. The number of amides is 4. The van der Waals surface area contributed by atoms with Crippen molar-refractivity contribution in [1.82, 2.24) is 4.90 Å². The van der Waals surface area contributed by atoms with Gasteiger partial charge in [0.25, 0.3) is 0 Å². The third-order valence-electron chi connectivity index (χ3n) is 7.38. The third-order valence-corrected chi connectivity index (χ3v) is 7.97. The van der Waals surface area contributed by atoms with Gasteiger partial charge >= 0.3 is 6.03 Å². The Bertz CT molecular complexity index is 1350. The van der Waals surface area contributed by atoms with Crippen molar-refractivity contribution >= 4 is 45.3 Å². The molecule has 4 aliphatic rings. The highest BCUT2D eigenvalue weighted by Gasteiger charge is 2.57. The molecule has 0 saturated carbocycles. The number of nitrogens with zero attached hydrogens (tertiary/aromatic N) is 1. The van der Waals surface area contributed by atoms with Gasteiger partial charge in [-0.25, -0.2) is 4.79 Å². The number of likely N-dealkylation sites (tertiary alicyclic amines) is 1. The van der Waals surface area contributed by atoms with Crippen LogP contribution in [0.4, 0.5) is 4.79 Å². The van der Waals surface area contributed by atoms with Crippen LogP contribution in [0.15, 0.2) is 64.2 Å². The molecular weight excluding hydrogens is 516 g/mol. The van der Waals surface area contributed by atoms with E-state index in [9.17, 15) is 29.1 Å². The fourth-order valence-electron chi connectivity index (χ4n) is 5.94. The summed E-state index contributed by atoms with van der Waals surface area (Å²) in [6.45, 7) is 3.72. The number of phenolic OH excluding ortho intramolecular Hbond substituents is 1. The molecule has 0 radical (unpaired) electrons. The van der Waals surface area contributed by atoms with Gasteiger partial charge in [0.1, 0.15) is 5.75 Å². The number of hydrogen-bond donors (Lipinski definition) is 2. The minimum Gasteiger partial charge on any atom is -0.507 e. The summed E-state index contributed by atoms with van der Waals surface area (Å²) in [5, 5.41) is 11.1. The number of fused-ring (bicyclic) bond motifs is 3. The van der Waals surface area contributed by atoms with Crippen molar-refractivity contribution < 1.29 is 29.1 Å². The zero-order chi connectivity index (χ0) is 25.2. The molecule has 9 heteroatoms. The van der Waals surface area contributed by atoms with E-state index >= 15 is 0 Å². The van der Waals surface area contributed by atoms with Crippen LogP contribution in [-0.2, 0) is 25.6 Å². The van der Waals surface area contributed by atoms with E-state index in [1.165, 1.54) is 6.08 Å². The van der Waals surface area contributed by atoms with E-state index in [-0.39, 0.29) is 45.8 Å². The molecule has 1 heterocycles. The van der Waals surface area contributed by atoms with Crippen LogP contribution in [-0.4, -0.2) is 39.4 Å². The van der Waals surface area contributed by atoms with Crippen molar-refractivity contribution in [3.8, 4) is 5.75 Å². The molecule has 5 rings (SSSR count). The lowest BCUT2D eigenvalue weighted by Crippen LogP contribution is -2.42. The van der Waals surface area contributed by atoms with Crippen LogP contribution in [0.2, 0.25) is 0 Å². The monoisotopic (exact) mass is 536 g/mol. The molecule has 1 fully saturated rings. The zero-order valence-corrected chi connectivity index (χ0v) is 20.1. The van der Waals surface area contributed by atoms with Crippen molar-refractivity contribution in [1.29, 1.82) is 0 Å². The molecule has 3 N–H and O–H groups in total. The SMILES string of the molecule is C=CCc1cccc([C@H]2C3=CC[C@@H]4C(=O)N(C(N)=O)C(=O)[C@@H]4[C@@H]3CC3=C2C(=O)C=C(Br)C3=O)c1O. The second-order valence-electron chi connectivity index (χ2n) is 9.09. The van der Waals surface area contributed by atoms with E-state index in [2.05, 4.69) is 22.5 Å². The highest BCUT2D eigenvalue weighted by Crippen LogP contribution is 2.56. The van der Waals surface area contributed by atoms with Gasteiger partial charge < -0.3 is 10.8 Å². The number of nitrogens with two attached hydrogens (primary N) is 1. The Morgan fingerprint density at radius 3 is 2.63 bits per heavy atom. The number of allylic oxidation sites excluding steroid dienone is 7. The van der Waals surface area contributed by atoms with E-state index in [1.54, 1.807) is 30.4 Å². The molecule has 35 heavy (non-hydrogen) atoms. The summed E-state index contributed by atoms with van der Waals surface area (Å²) in [4.78, 5) is 64.7. The van der Waals surface area contributed by atoms with Gasteiger partial charge in [0.05, 0.1) is 16.3 Å². The van der Waals surface area contributed by atoms with E-state index in [1.807, 2.05) is 0 Å². The van der Waals surface area contributed by atoms with Crippen LogP contribution in [0.25, 0.3) is 0 Å². The smallest absolute Gasteiger partial charge is 0.328 e. The van der Waals surface area contributed by atoms with Gasteiger partial charge in [-0.15, -0.1) is 6.58 Å². The third kappa shape index (κ3) is 3.29. The Morgan fingerprint density at radius 2 is 1.94 bits per heavy atom. The summed E-state index contributed by atoms with van der Waals surface area (Å²) in [6, 6.07) is 4.06. The average molecular weight is 537 g/mol. The summed E-state index contributed by atoms with van der Waals surface area (Å²) >= 11 is 3.16. The molecule has 1 saturated heterocycles. The number of phenols is 1. The Balaban J connectivity index is 1.72. The fourth-order valence-corrected chi connectivity index (χ4v) is 6.39. The minimum atomic E-state index is -1.13. The summed E-state index contributed by atoms with van der Waals surface area (Å²) in [5.74, 6) is -5.17. The van der Waals surface area contributed by atoms with Gasteiger partial charge in [-0.1, -0.05) is 35.9 Å². The maximum Gasteiger partial charge on any atom is 0.328 e. The number of benzene rings is 1. The molecular formula is C26H21BrN2O6. The number of para-hydroxylation sites is 1. The lowest BCUT2D eigenvalue weighted by Gasteiger charge is -2.42. The minimum absolute atomic E-state index is 0.0191. The van der Waals surface area contributed by atoms with Crippen LogP contribution in [0.5, 0.6) is 5.75 Å². The number of halogens is 1. The van der Waals surface area contributed by atoms with Crippen LogP contribution >= 0.6 is 15.9 Å². The van der Waals surface area contributed by atoms with Gasteiger partial charge in [0, 0.05) is 28.7 Å². The topological polar surface area (TPSA) is 135 Å². The number of primary amides is 1. The maximum atomic E-state index is 13.2. The largest absolute Gasteiger partial charge is 0.507 e. The fraction of sp³-hybridized carbons (Fsp3) is 0.269. The molecule has 0 spiro atoms. The van der Waals surface area contributed by atoms with Gasteiger partial charge in [0.2, 0.25) is 11.8 Å². The van der Waals surface area contributed by atoms with E-state index in [0.717, 1.165) is 0 Å². The summed E-state index contributed by atoms with van der Waals surface area (Å²) in [7, 11) is 0. The first-order valence-electron chi connectivity index (χ1n) is 11.1. The second-order valence-corrected chi connectivity index (χ2v) is 9.95. The molecule has 0 unspecified atom stereocenters. The first kappa shape index (κ1) is 23.2. The second kappa shape index (κ2) is 8.27. The van der Waals surface area contributed by atoms with Crippen LogP contribution in [0.3, 0.4) is 0 Å². The van der Waals surface area contributed by atoms with Crippen molar-refractivity contribution in [2.75, 3.05) is 0 Å². The van der Waals surface area contributed by atoms with E-state index in [0.29, 0.717) is 28.0 Å². The molecule has 4 amide bonds. The van der Waals surface area contributed by atoms with Crippen molar-refractivity contribution in [3.05, 3.63) is 75.3 Å². The number of Topliss-reactive ketones (excluding diaryl/α,β-unsaturated/α-hetero) is 1. The van der Waals surface area contributed by atoms with Gasteiger partial charge in [-0.2, -0.15) is 4.90 Å². The average Bonchev–Trinajstić information content (AvgIpc) is 3.08. The van der Waals surface area contributed by atoms with E-state index < -0.39 is 41.5 Å². The number of carbonyl (C=O) groups excluding carboxylic acids is 5. The predicted molar refractivity (Wildman–Crippen MR) is 128 cm³/mol. The summed E-state index contributed by atoms with van der Waals surface area (Å²) in [5.41, 5.74) is 7.53. The molecule has 0 aromatic heterocycles. The quantitative estimate of drug-likeness (QED) is 0.346. The number of hydrogen-bond acceptors (Lipinski definition) is 6. The Morgan fingerprint density at radius 1 is 1.20 bits per heavy atom. The van der Waals surface area contributed by atoms with Crippen molar-refractivity contribution in [2.24, 2.45) is 23.5 Å². The molecule has 1 aromatic carbocycles. The molecule has 178 valence electrons. The molecule has 8 nitrogen and oxygen atoms in total. The van der Waals surface area contributed by atoms with Gasteiger partial charge in [0.15, 0.2) is 11.6 Å². The van der Waals surface area contributed by atoms with Gasteiger partial charge in [-0.05, 0) is 46.7 Å². The first-order valence-corrected chi connectivity index (χ1v) is 11.9. The standard InChI is InChI=1S/C26H21BrN2O6/c1-2-4-11-5-3-6-13(22(11)31)19-12-7-8-14-20(25(34)29(24(14)33)26(28)35)15(12)9-16-21(19)18(30)10-17(27)23(16)32/h2-3,5-7,10,14-15,19-20,31H,1,4,8-9H2,(H2,28,35)/t14-,15+,19+,20-/m0/s1.